The molecule has 1 aliphatic rings. The molecule has 1 aliphatic heterocycles. The molecule has 0 saturated heterocycles. The quantitative estimate of drug-likeness (QED) is 0.679. The summed E-state index contributed by atoms with van der Waals surface area (Å²) in [6.45, 7) is 3.56. The molecule has 2 rings (SSSR count). The van der Waals surface area contributed by atoms with Gasteiger partial charge in [-0.05, 0) is 13.0 Å². The van der Waals surface area contributed by atoms with Crippen molar-refractivity contribution in [3.8, 4) is 0 Å². The third-order valence-corrected chi connectivity index (χ3v) is 2.25. The standard InChI is InChI=1S/C9H13N3O2/c1-2-14-9(13)8-6-10-5-7-3-4-11-12(7)8/h3-4,8,10H,2,5-6H2,1H3/t8-/m1/s1. The molecule has 14 heavy (non-hydrogen) atoms. The van der Waals surface area contributed by atoms with Gasteiger partial charge in [-0.1, -0.05) is 0 Å². The minimum Gasteiger partial charge on any atom is -0.464 e. The van der Waals surface area contributed by atoms with Gasteiger partial charge in [0.2, 0.25) is 0 Å². The molecule has 0 aliphatic carbocycles. The Morgan fingerprint density at radius 2 is 2.71 bits per heavy atom. The Labute approximate surface area is 82.0 Å². The van der Waals surface area contributed by atoms with E-state index in [1.54, 1.807) is 17.8 Å². The van der Waals surface area contributed by atoms with E-state index in [-0.39, 0.29) is 12.0 Å². The average molecular weight is 195 g/mol. The van der Waals surface area contributed by atoms with Crippen LogP contribution in [0.15, 0.2) is 12.3 Å². The van der Waals surface area contributed by atoms with Gasteiger partial charge >= 0.3 is 5.97 Å². The van der Waals surface area contributed by atoms with Crippen molar-refractivity contribution in [2.45, 2.75) is 19.5 Å². The third kappa shape index (κ3) is 1.50. The van der Waals surface area contributed by atoms with Gasteiger partial charge in [-0.3, -0.25) is 4.68 Å². The molecule has 0 spiro atoms. The van der Waals surface area contributed by atoms with Crippen LogP contribution in [0.2, 0.25) is 0 Å². The fourth-order valence-corrected chi connectivity index (χ4v) is 1.61. The van der Waals surface area contributed by atoms with Gasteiger partial charge in [0, 0.05) is 19.3 Å². The minimum absolute atomic E-state index is 0.218. The molecular weight excluding hydrogens is 182 g/mol. The van der Waals surface area contributed by atoms with Crippen molar-refractivity contribution in [2.75, 3.05) is 13.2 Å². The van der Waals surface area contributed by atoms with Crippen LogP contribution in [0.25, 0.3) is 0 Å². The number of fused-ring (bicyclic) bond motifs is 1. The van der Waals surface area contributed by atoms with Crippen molar-refractivity contribution < 1.29 is 9.53 Å². The smallest absolute Gasteiger partial charge is 0.332 e. The monoisotopic (exact) mass is 195 g/mol. The number of rotatable bonds is 2. The lowest BCUT2D eigenvalue weighted by molar-refractivity contribution is -0.147. The van der Waals surface area contributed by atoms with Gasteiger partial charge in [0.05, 0.1) is 12.3 Å². The summed E-state index contributed by atoms with van der Waals surface area (Å²) >= 11 is 0. The molecule has 5 nitrogen and oxygen atoms in total. The van der Waals surface area contributed by atoms with Crippen molar-refractivity contribution in [1.82, 2.24) is 15.1 Å². The summed E-state index contributed by atoms with van der Waals surface area (Å²) in [4.78, 5) is 11.5. The van der Waals surface area contributed by atoms with Gasteiger partial charge in [-0.2, -0.15) is 5.10 Å². The summed E-state index contributed by atoms with van der Waals surface area (Å²) in [5.41, 5.74) is 1.02. The summed E-state index contributed by atoms with van der Waals surface area (Å²) in [6.07, 6.45) is 1.70. The molecule has 76 valence electrons. The molecule has 2 heterocycles. The Bertz CT molecular complexity index is 335. The average Bonchev–Trinajstić information content (AvgIpc) is 2.65. The van der Waals surface area contributed by atoms with E-state index in [4.69, 9.17) is 4.74 Å². The number of carbonyl (C=O) groups is 1. The molecule has 1 aromatic heterocycles. The Balaban J connectivity index is 2.19. The second kappa shape index (κ2) is 3.79. The number of nitrogens with one attached hydrogen (secondary N) is 1. The maximum atomic E-state index is 11.5. The van der Waals surface area contributed by atoms with Gasteiger partial charge in [0.1, 0.15) is 0 Å². The van der Waals surface area contributed by atoms with E-state index in [1.165, 1.54) is 0 Å². The number of nitrogens with zero attached hydrogens (tertiary/aromatic N) is 2. The van der Waals surface area contributed by atoms with Gasteiger partial charge < -0.3 is 10.1 Å². The van der Waals surface area contributed by atoms with Crippen LogP contribution in [0.1, 0.15) is 18.7 Å². The maximum absolute atomic E-state index is 11.5. The number of hydrogen-bond donors (Lipinski definition) is 1. The molecule has 0 fully saturated rings. The highest BCUT2D eigenvalue weighted by Gasteiger charge is 2.27. The highest BCUT2D eigenvalue weighted by Crippen LogP contribution is 2.14. The van der Waals surface area contributed by atoms with E-state index in [1.807, 2.05) is 6.07 Å². The van der Waals surface area contributed by atoms with Crippen LogP contribution in [-0.4, -0.2) is 28.9 Å². The van der Waals surface area contributed by atoms with E-state index in [0.29, 0.717) is 13.2 Å². The fraction of sp³-hybridized carbons (Fsp3) is 0.556. The molecule has 1 atom stereocenters. The van der Waals surface area contributed by atoms with E-state index >= 15 is 0 Å². The van der Waals surface area contributed by atoms with Crippen LogP contribution in [-0.2, 0) is 16.1 Å². The first kappa shape index (κ1) is 9.21. The number of esters is 1. The van der Waals surface area contributed by atoms with Crippen LogP contribution in [0, 0.1) is 0 Å². The second-order valence-corrected chi connectivity index (χ2v) is 3.17. The van der Waals surface area contributed by atoms with E-state index < -0.39 is 0 Å². The zero-order chi connectivity index (χ0) is 9.97. The first-order valence-electron chi connectivity index (χ1n) is 4.72. The highest BCUT2D eigenvalue weighted by atomic mass is 16.5. The predicted octanol–water partition coefficient (Wildman–Crippen LogP) is 0.0905. The molecule has 0 bridgehead atoms. The first-order valence-corrected chi connectivity index (χ1v) is 4.72. The minimum atomic E-state index is -0.311. The van der Waals surface area contributed by atoms with E-state index in [0.717, 1.165) is 12.2 Å². The Morgan fingerprint density at radius 1 is 1.86 bits per heavy atom. The van der Waals surface area contributed by atoms with E-state index in [9.17, 15) is 4.79 Å². The van der Waals surface area contributed by atoms with Crippen molar-refractivity contribution in [3.63, 3.8) is 0 Å². The Morgan fingerprint density at radius 3 is 3.50 bits per heavy atom. The zero-order valence-electron chi connectivity index (χ0n) is 8.06. The normalized spacial score (nSPS) is 20.2. The molecule has 0 radical (unpaired) electrons. The number of hydrogen-bond acceptors (Lipinski definition) is 4. The van der Waals surface area contributed by atoms with Crippen LogP contribution in [0.4, 0.5) is 0 Å². The number of ether oxygens (including phenoxy) is 1. The summed E-state index contributed by atoms with van der Waals surface area (Å²) in [7, 11) is 0. The lowest BCUT2D eigenvalue weighted by Crippen LogP contribution is -2.38. The SMILES string of the molecule is CCOC(=O)[C@H]1CNCc2ccnn21. The fourth-order valence-electron chi connectivity index (χ4n) is 1.61. The summed E-state index contributed by atoms with van der Waals surface area (Å²) in [5, 5.41) is 7.27. The van der Waals surface area contributed by atoms with Crippen LogP contribution in [0.3, 0.4) is 0 Å². The second-order valence-electron chi connectivity index (χ2n) is 3.17. The Hall–Kier alpha value is -1.36. The molecule has 0 amide bonds. The number of carbonyl (C=O) groups excluding carboxylic acids is 1. The molecule has 1 aromatic rings. The summed E-state index contributed by atoms with van der Waals surface area (Å²) in [5.74, 6) is -0.218. The molecular formula is C9H13N3O2. The van der Waals surface area contributed by atoms with Crippen molar-refractivity contribution in [2.24, 2.45) is 0 Å². The highest BCUT2D eigenvalue weighted by molar-refractivity contribution is 5.74. The van der Waals surface area contributed by atoms with Gasteiger partial charge in [-0.15, -0.1) is 0 Å². The van der Waals surface area contributed by atoms with Crippen molar-refractivity contribution in [1.29, 1.82) is 0 Å². The van der Waals surface area contributed by atoms with Crippen molar-refractivity contribution >= 4 is 5.97 Å². The summed E-state index contributed by atoms with van der Waals surface area (Å²) in [6, 6.07) is 1.59. The maximum Gasteiger partial charge on any atom is 0.332 e. The van der Waals surface area contributed by atoms with Crippen LogP contribution in [0.5, 0.6) is 0 Å². The molecule has 0 saturated carbocycles. The Kier molecular flexibility index (Phi) is 2.49. The summed E-state index contributed by atoms with van der Waals surface area (Å²) < 4.78 is 6.70. The lowest BCUT2D eigenvalue weighted by atomic mass is 10.2. The first-order chi connectivity index (χ1) is 6.83. The van der Waals surface area contributed by atoms with Gasteiger partial charge in [0.25, 0.3) is 0 Å². The van der Waals surface area contributed by atoms with Crippen LogP contribution >= 0.6 is 0 Å². The predicted molar refractivity (Wildman–Crippen MR) is 49.6 cm³/mol. The lowest BCUT2D eigenvalue weighted by Gasteiger charge is -2.23. The van der Waals surface area contributed by atoms with Gasteiger partial charge in [0.15, 0.2) is 6.04 Å². The zero-order valence-corrected chi connectivity index (χ0v) is 8.06. The van der Waals surface area contributed by atoms with Crippen molar-refractivity contribution in [3.05, 3.63) is 18.0 Å². The third-order valence-electron chi connectivity index (χ3n) is 2.25. The topological polar surface area (TPSA) is 56.1 Å². The molecule has 1 N–H and O–H groups in total. The van der Waals surface area contributed by atoms with Crippen LogP contribution < -0.4 is 5.32 Å². The largest absolute Gasteiger partial charge is 0.464 e. The molecule has 0 unspecified atom stereocenters. The molecule has 5 heteroatoms. The van der Waals surface area contributed by atoms with Gasteiger partial charge in [-0.25, -0.2) is 4.79 Å². The molecule has 0 aromatic carbocycles. The van der Waals surface area contributed by atoms with E-state index in [2.05, 4.69) is 10.4 Å². The number of aromatic nitrogens is 2.